The van der Waals surface area contributed by atoms with E-state index in [0.717, 1.165) is 68.5 Å². The van der Waals surface area contributed by atoms with E-state index >= 15 is 0 Å². The second kappa shape index (κ2) is 75.7. The lowest BCUT2D eigenvalue weighted by molar-refractivity contribution is -0.678. The van der Waals surface area contributed by atoms with E-state index < -0.39 is 0 Å². The number of carbonyl (C=O) groups excluding carboxylic acids is 2. The molecule has 0 radical (unpaired) electrons. The fourth-order valence-corrected chi connectivity index (χ4v) is 9.32. The molecule has 1 N–H and O–H groups in total. The van der Waals surface area contributed by atoms with Crippen LogP contribution in [0.1, 0.15) is 64.1 Å². The van der Waals surface area contributed by atoms with Crippen LogP contribution in [-0.2, 0) is 136 Å². The third-order valence-electron chi connectivity index (χ3n) is 14.3. The Labute approximate surface area is 611 Å². The van der Waals surface area contributed by atoms with E-state index in [1.54, 1.807) is 14.0 Å². The number of imidazole rings is 1. The molecule has 1 heterocycles. The van der Waals surface area contributed by atoms with E-state index in [1.807, 2.05) is 12.1 Å². The van der Waals surface area contributed by atoms with Crippen molar-refractivity contribution in [3.8, 4) is 0 Å². The van der Waals surface area contributed by atoms with Gasteiger partial charge in [-0.05, 0) is 45.4 Å². The van der Waals surface area contributed by atoms with Gasteiger partial charge in [-0.25, -0.2) is 9.13 Å². The summed E-state index contributed by atoms with van der Waals surface area (Å²) in [5.41, 5.74) is 2.11. The van der Waals surface area contributed by atoms with Crippen molar-refractivity contribution < 1.29 is 128 Å². The summed E-state index contributed by atoms with van der Waals surface area (Å²) in [6.45, 7) is 28.7. The first-order valence-electron chi connectivity index (χ1n) is 36.3. The number of Topliss-reactive ketones (excluding diaryl/α,β-unsaturated/α-hetero) is 1. The zero-order chi connectivity index (χ0) is 72.3. The maximum atomic E-state index is 12.4. The van der Waals surface area contributed by atoms with Gasteiger partial charge in [-0.1, -0.05) is 23.2 Å². The van der Waals surface area contributed by atoms with E-state index in [9.17, 15) is 9.59 Å². The van der Waals surface area contributed by atoms with Gasteiger partial charge < -0.3 is 124 Å². The molecule has 0 atom stereocenters. The predicted octanol–water partition coefficient (Wildman–Crippen LogP) is 5.40. The smallest absolute Gasteiger partial charge is 0.254 e. The third kappa shape index (κ3) is 62.2. The average molecular weight is 1500 g/mol. The first-order valence-corrected chi connectivity index (χ1v) is 37.0. The summed E-state index contributed by atoms with van der Waals surface area (Å²) in [4.78, 5) is 23.7. The van der Waals surface area contributed by atoms with Gasteiger partial charge in [-0.3, -0.25) is 4.79 Å². The predicted molar refractivity (Wildman–Crippen MR) is 378 cm³/mol. The summed E-state index contributed by atoms with van der Waals surface area (Å²) in [6.07, 6.45) is 6.62. The van der Waals surface area contributed by atoms with Crippen molar-refractivity contribution in [1.82, 2.24) is 9.88 Å². The molecule has 0 aliphatic carbocycles. The van der Waals surface area contributed by atoms with Gasteiger partial charge in [0.05, 0.1) is 334 Å². The van der Waals surface area contributed by atoms with Crippen LogP contribution in [0.2, 0.25) is 10.0 Å². The molecular formula is C70H128Cl2N3O26+. The molecule has 592 valence electrons. The number of aromatic nitrogens is 2. The molecule has 101 heavy (non-hydrogen) atoms. The van der Waals surface area contributed by atoms with Crippen LogP contribution < -0.4 is 9.88 Å². The van der Waals surface area contributed by atoms with Crippen molar-refractivity contribution in [2.24, 2.45) is 0 Å². The number of rotatable bonds is 84. The number of ketones is 1. The SMILES string of the molecule is COCCOCCOCCOCCOCCOCCOCCOCCOCCOCCOCCOCCOCCOCCOCCOCCOCCOCCOCCOCCOCCOCCOCCOCCNC(=O)CCCCCn1c(C)[n+](CCCCCC(C)=O)c2cc(Cl)c(Cl)cc21. The molecule has 0 spiro atoms. The molecule has 0 saturated carbocycles. The first kappa shape index (κ1) is 94.5. The molecule has 0 aliphatic heterocycles. The molecular weight excluding hydrogens is 1370 g/mol. The minimum absolute atomic E-state index is 0.0226. The lowest BCUT2D eigenvalue weighted by Gasteiger charge is -2.09. The molecule has 0 saturated heterocycles. The largest absolute Gasteiger partial charge is 0.382 e. The third-order valence-corrected chi connectivity index (χ3v) is 15.0. The molecule has 1 amide bonds. The molecule has 31 heteroatoms. The minimum atomic E-state index is 0.0226. The number of ether oxygens (including phenoxy) is 24. The number of unbranched alkanes of at least 4 members (excludes halogenated alkanes) is 4. The molecule has 0 aliphatic rings. The van der Waals surface area contributed by atoms with Crippen molar-refractivity contribution >= 4 is 45.9 Å². The number of benzene rings is 1. The van der Waals surface area contributed by atoms with Crippen molar-refractivity contribution in [2.45, 2.75) is 78.3 Å². The second-order valence-electron chi connectivity index (χ2n) is 22.4. The number of hydrogen-bond donors (Lipinski definition) is 1. The van der Waals surface area contributed by atoms with Crippen LogP contribution in [-0.4, -0.2) is 340 Å². The van der Waals surface area contributed by atoms with Crippen LogP contribution in [0, 0.1) is 6.92 Å². The molecule has 1 aromatic carbocycles. The topological polar surface area (TPSA) is 276 Å². The highest BCUT2D eigenvalue weighted by Gasteiger charge is 2.23. The molecule has 0 fully saturated rings. The second-order valence-corrected chi connectivity index (χ2v) is 23.2. The number of amides is 1. The summed E-state index contributed by atoms with van der Waals surface area (Å²) in [6, 6.07) is 3.88. The van der Waals surface area contributed by atoms with Gasteiger partial charge in [0, 0.05) is 45.6 Å². The van der Waals surface area contributed by atoms with Crippen LogP contribution >= 0.6 is 23.2 Å². The number of fused-ring (bicyclic) bond motifs is 1. The average Bonchev–Trinajstić information content (AvgIpc) is 1.63. The Balaban J connectivity index is 1.15. The Hall–Kier alpha value is -2.55. The van der Waals surface area contributed by atoms with E-state index in [1.165, 1.54) is 0 Å². The zero-order valence-corrected chi connectivity index (χ0v) is 62.9. The summed E-state index contributed by atoms with van der Waals surface area (Å²) in [7, 11) is 1.64. The van der Waals surface area contributed by atoms with Gasteiger partial charge in [-0.15, -0.1) is 0 Å². The summed E-state index contributed by atoms with van der Waals surface area (Å²) in [5.74, 6) is 1.40. The van der Waals surface area contributed by atoms with Crippen LogP contribution in [0.4, 0.5) is 0 Å². The lowest BCUT2D eigenvalue weighted by atomic mass is 10.1. The van der Waals surface area contributed by atoms with Gasteiger partial charge in [-0.2, -0.15) is 0 Å². The monoisotopic (exact) mass is 1500 g/mol. The number of methoxy groups -OCH3 is 1. The van der Waals surface area contributed by atoms with Crippen LogP contribution in [0.15, 0.2) is 12.1 Å². The summed E-state index contributed by atoms with van der Waals surface area (Å²) >= 11 is 12.8. The normalized spacial score (nSPS) is 11.8. The molecule has 29 nitrogen and oxygen atoms in total. The Morgan fingerprint density at radius 2 is 0.584 bits per heavy atom. The quantitative estimate of drug-likeness (QED) is 0.0641. The van der Waals surface area contributed by atoms with Crippen molar-refractivity contribution in [1.29, 1.82) is 0 Å². The van der Waals surface area contributed by atoms with E-state index in [0.29, 0.717) is 340 Å². The van der Waals surface area contributed by atoms with Gasteiger partial charge >= 0.3 is 0 Å². The first-order chi connectivity index (χ1) is 49.8. The molecule has 1 aromatic heterocycles. The highest BCUT2D eigenvalue weighted by atomic mass is 35.5. The number of halogens is 2. The van der Waals surface area contributed by atoms with E-state index in [-0.39, 0.29) is 11.7 Å². The number of hydrogen-bond acceptors (Lipinski definition) is 26. The van der Waals surface area contributed by atoms with E-state index in [4.69, 9.17) is 137 Å². The number of nitrogens with zero attached hydrogens (tertiary/aromatic N) is 2. The molecule has 2 aromatic rings. The maximum Gasteiger partial charge on any atom is 0.254 e. The Morgan fingerprint density at radius 3 is 0.861 bits per heavy atom. The Morgan fingerprint density at radius 1 is 0.337 bits per heavy atom. The Kier molecular flexibility index (Phi) is 70.8. The van der Waals surface area contributed by atoms with E-state index in [2.05, 4.69) is 21.4 Å². The highest BCUT2D eigenvalue weighted by Crippen LogP contribution is 2.28. The van der Waals surface area contributed by atoms with Gasteiger partial charge in [0.2, 0.25) is 5.91 Å². The molecule has 0 bridgehead atoms. The standard InChI is InChI=1S/C70H127Cl2N3O26/c1-64(76)10-6-4-8-13-74-65(2)75(69-63-67(72)66(71)62-68(69)74)14-9-5-7-11-70(77)73-12-15-79-18-19-81-22-23-83-26-27-85-30-31-87-34-35-89-38-39-91-42-43-93-46-47-95-50-51-97-54-55-99-58-59-101-61-60-100-57-56-98-53-52-96-49-48-94-45-44-92-41-40-90-37-36-88-33-32-86-29-28-84-25-24-82-21-20-80-17-16-78-3/h62-63H,4-61H2,1-3H3/p+1. The van der Waals surface area contributed by atoms with Crippen molar-refractivity contribution in [2.75, 3.05) is 324 Å². The van der Waals surface area contributed by atoms with Gasteiger partial charge in [0.25, 0.3) is 5.82 Å². The van der Waals surface area contributed by atoms with Crippen LogP contribution in [0.25, 0.3) is 11.0 Å². The Bertz CT molecular complexity index is 2120. The molecule has 0 unspecified atom stereocenters. The lowest BCUT2D eigenvalue weighted by Crippen LogP contribution is -2.36. The fraction of sp³-hybridized carbons (Fsp3) is 0.871. The highest BCUT2D eigenvalue weighted by molar-refractivity contribution is 6.42. The maximum absolute atomic E-state index is 12.4. The zero-order valence-electron chi connectivity index (χ0n) is 61.4. The number of aryl methyl sites for hydroxylation is 2. The van der Waals surface area contributed by atoms with Crippen LogP contribution in [0.5, 0.6) is 0 Å². The number of carbonyl (C=O) groups is 2. The summed E-state index contributed by atoms with van der Waals surface area (Å²) in [5, 5.41) is 4.00. The van der Waals surface area contributed by atoms with Gasteiger partial charge in [0.15, 0.2) is 11.0 Å². The summed E-state index contributed by atoms with van der Waals surface area (Å²) < 4.78 is 136. The van der Waals surface area contributed by atoms with Crippen LogP contribution in [0.3, 0.4) is 0 Å². The van der Waals surface area contributed by atoms with Crippen molar-refractivity contribution in [3.63, 3.8) is 0 Å². The van der Waals surface area contributed by atoms with Gasteiger partial charge in [0.1, 0.15) is 5.78 Å². The fourth-order valence-electron chi connectivity index (χ4n) is 9.00. The number of nitrogens with one attached hydrogen (secondary N) is 1. The van der Waals surface area contributed by atoms with Crippen molar-refractivity contribution in [3.05, 3.63) is 28.0 Å². The minimum Gasteiger partial charge on any atom is -0.382 e. The molecule has 2 rings (SSSR count).